The maximum absolute atomic E-state index is 13.8. The minimum Gasteiger partial charge on any atom is -0.486 e. The van der Waals surface area contributed by atoms with E-state index in [1.165, 1.54) is 18.2 Å². The van der Waals surface area contributed by atoms with Crippen molar-refractivity contribution < 1.29 is 41.2 Å². The van der Waals surface area contributed by atoms with E-state index in [1.807, 2.05) is 60.7 Å². The molecule has 59 heavy (non-hydrogen) atoms. The fourth-order valence-electron chi connectivity index (χ4n) is 7.29. The summed E-state index contributed by atoms with van der Waals surface area (Å²) >= 11 is 0. The zero-order valence-electron chi connectivity index (χ0n) is 41.1. The summed E-state index contributed by atoms with van der Waals surface area (Å²) in [5.74, 6) is 0.0775. The Morgan fingerprint density at radius 1 is 0.712 bits per heavy atom. The minimum atomic E-state index is -2.75. The van der Waals surface area contributed by atoms with E-state index in [4.69, 9.17) is 21.7 Å². The summed E-state index contributed by atoms with van der Waals surface area (Å²) in [5, 5.41) is 2.65. The van der Waals surface area contributed by atoms with Gasteiger partial charge in [-0.3, -0.25) is 14.4 Å². The average Bonchev–Trinajstić information content (AvgIpc) is 3.87. The van der Waals surface area contributed by atoms with Gasteiger partial charge in [0, 0.05) is 78.4 Å². The first-order chi connectivity index (χ1) is 31.7. The van der Waals surface area contributed by atoms with Crippen molar-refractivity contribution in [1.29, 1.82) is 0 Å². The van der Waals surface area contributed by atoms with Crippen molar-refractivity contribution in [3.63, 3.8) is 0 Å². The molecule has 10 rings (SSSR count). The zero-order valence-corrected chi connectivity index (χ0v) is 35.5. The van der Waals surface area contributed by atoms with Gasteiger partial charge in [-0.15, -0.1) is 42.5 Å². The second-order valence-corrected chi connectivity index (χ2v) is 19.9. The smallest absolute Gasteiger partial charge is 0.216 e. The first kappa shape index (κ1) is 30.0. The van der Waals surface area contributed by atoms with Gasteiger partial charge in [0.05, 0.1) is 36.0 Å². The Hall–Kier alpha value is -6.12. The number of pyridine rings is 3. The summed E-state index contributed by atoms with van der Waals surface area (Å²) in [5.41, 5.74) is 6.09. The number of nitrogens with zero attached hydrogens (tertiary/aromatic N) is 5. The molecule has 0 unspecified atom stereocenters. The second kappa shape index (κ2) is 15.9. The molecule has 5 aromatic carbocycles. The summed E-state index contributed by atoms with van der Waals surface area (Å²) < 4.78 is 93.4. The van der Waals surface area contributed by atoms with Gasteiger partial charge in [-0.1, -0.05) is 96.3 Å². The van der Waals surface area contributed by atoms with Gasteiger partial charge in [-0.05, 0) is 79.0 Å². The average molecular weight is 975 g/mol. The van der Waals surface area contributed by atoms with Crippen LogP contribution in [0.2, 0.25) is 19.6 Å². The van der Waals surface area contributed by atoms with Crippen molar-refractivity contribution in [1.82, 2.24) is 24.5 Å². The first-order valence-corrected chi connectivity index (χ1v) is 22.1. The molecule has 5 heterocycles. The topological polar surface area (TPSA) is 69.6 Å². The van der Waals surface area contributed by atoms with Gasteiger partial charge in [-0.2, -0.15) is 0 Å². The van der Waals surface area contributed by atoms with Crippen LogP contribution >= 0.6 is 0 Å². The van der Waals surface area contributed by atoms with Crippen LogP contribution in [0.1, 0.15) is 29.2 Å². The van der Waals surface area contributed by atoms with Crippen LogP contribution in [-0.2, 0) is 20.1 Å². The molecule has 0 bridgehead atoms. The molecule has 293 valence electrons. The molecule has 0 spiro atoms. The monoisotopic (exact) mass is 975 g/mol. The number of fused-ring (bicyclic) bond motifs is 6. The number of halogens is 1. The molecule has 0 amide bonds. The normalized spacial score (nSPS) is 14.4. The fourth-order valence-corrected chi connectivity index (χ4v) is 8.62. The SMILES string of the molecule is [2H]C([2H])([2H])c1cc(-c2[c-]cccc2F)ncc1[Si](C)(C)C.[2H]C([2H])([2H])c1cc2c(nc1C([2H])([2H])[2H])oc1c(-c3nc4ccc5ncccc5c4n3-c3ccccc3-c3ccccc3)[c-]ccc12.[Ir]. The van der Waals surface area contributed by atoms with Crippen LogP contribution in [0.5, 0.6) is 0 Å². The van der Waals surface area contributed by atoms with Gasteiger partial charge in [0.2, 0.25) is 5.71 Å². The summed E-state index contributed by atoms with van der Waals surface area (Å²) in [6.45, 7) is -1.49. The molecule has 6 nitrogen and oxygen atoms in total. The number of aromatic nitrogens is 5. The number of hydrogen-bond donors (Lipinski definition) is 0. The van der Waals surface area contributed by atoms with Crippen molar-refractivity contribution in [2.24, 2.45) is 0 Å². The number of furan rings is 1. The van der Waals surface area contributed by atoms with Crippen molar-refractivity contribution in [2.45, 2.75) is 40.2 Å². The van der Waals surface area contributed by atoms with E-state index in [1.54, 1.807) is 36.7 Å². The number of benzene rings is 5. The number of imidazole rings is 1. The Morgan fingerprint density at radius 2 is 1.51 bits per heavy atom. The molecule has 0 saturated heterocycles. The van der Waals surface area contributed by atoms with Gasteiger partial charge in [0.15, 0.2) is 0 Å². The molecule has 0 aliphatic heterocycles. The van der Waals surface area contributed by atoms with E-state index in [9.17, 15) is 4.39 Å². The van der Waals surface area contributed by atoms with Crippen LogP contribution in [0.3, 0.4) is 0 Å². The minimum absolute atomic E-state index is 0. The molecule has 5 aromatic heterocycles. The molecular formula is C50H40FIrN5OSi-2. The van der Waals surface area contributed by atoms with E-state index in [0.717, 1.165) is 43.9 Å². The molecule has 0 N–H and O–H groups in total. The standard InChI is InChI=1S/C35H23N4O.C15H17FNSi.Ir/c1-21-20-28-25-13-8-14-27(33(25)40-35(28)37-22(21)2)34-38-30-18-17-29-26(15-9-19-36-29)32(30)39(34)31-16-7-6-12-24(31)23-10-4-3-5-11-23;1-11-9-14(12-7-5-6-8-13(12)16)17-10-15(11)18(2,3)4;/h3-13,15-20H,1-2H3;5-6,8-10H,1-4H3;/q2*-1;/i1D3,2D3;1D3;. The van der Waals surface area contributed by atoms with Gasteiger partial charge in [0.25, 0.3) is 0 Å². The molecule has 9 heteroatoms. The molecule has 0 aliphatic rings. The van der Waals surface area contributed by atoms with E-state index >= 15 is 0 Å². The Labute approximate surface area is 369 Å². The number of para-hydroxylation sites is 1. The maximum atomic E-state index is 13.8. The second-order valence-electron chi connectivity index (χ2n) is 14.9. The molecule has 10 aromatic rings. The number of aryl methyl sites for hydroxylation is 3. The summed E-state index contributed by atoms with van der Waals surface area (Å²) in [6, 6.07) is 42.8. The molecular weight excluding hydrogens is 926 g/mol. The third kappa shape index (κ3) is 7.31. The Bertz CT molecular complexity index is 3510. The van der Waals surface area contributed by atoms with E-state index in [0.29, 0.717) is 33.4 Å². The largest absolute Gasteiger partial charge is 0.486 e. The molecule has 0 saturated carbocycles. The number of hydrogen-bond acceptors (Lipinski definition) is 5. The van der Waals surface area contributed by atoms with Crippen LogP contribution in [0, 0.1) is 38.5 Å². The maximum Gasteiger partial charge on any atom is 0.216 e. The van der Waals surface area contributed by atoms with Crippen molar-refractivity contribution in [2.75, 3.05) is 0 Å². The molecule has 0 fully saturated rings. The van der Waals surface area contributed by atoms with E-state index < -0.39 is 40.1 Å². The summed E-state index contributed by atoms with van der Waals surface area (Å²) in [4.78, 5) is 18.2. The van der Waals surface area contributed by atoms with Crippen molar-refractivity contribution in [3.8, 4) is 39.5 Å². The third-order valence-electron chi connectivity index (χ3n) is 10.0. The molecule has 0 atom stereocenters. The van der Waals surface area contributed by atoms with Crippen molar-refractivity contribution in [3.05, 3.63) is 168 Å². The van der Waals surface area contributed by atoms with Gasteiger partial charge in [-0.25, -0.2) is 4.98 Å². The number of rotatable bonds is 5. The molecule has 1 radical (unpaired) electrons. The van der Waals surface area contributed by atoms with Crippen LogP contribution in [0.4, 0.5) is 4.39 Å². The van der Waals surface area contributed by atoms with Crippen LogP contribution in [0.25, 0.3) is 83.5 Å². The predicted octanol–water partition coefficient (Wildman–Crippen LogP) is 12.2. The van der Waals surface area contributed by atoms with E-state index in [2.05, 4.69) is 69.5 Å². The van der Waals surface area contributed by atoms with Crippen LogP contribution < -0.4 is 5.19 Å². The summed E-state index contributed by atoms with van der Waals surface area (Å²) in [6.07, 6.45) is 3.34. The Morgan fingerprint density at radius 3 is 2.31 bits per heavy atom. The zero-order chi connectivity index (χ0) is 47.6. The van der Waals surface area contributed by atoms with E-state index in [-0.39, 0.29) is 42.5 Å². The van der Waals surface area contributed by atoms with Gasteiger partial charge >= 0.3 is 0 Å². The Kier molecular flexibility index (Phi) is 8.09. The van der Waals surface area contributed by atoms with Crippen molar-refractivity contribution >= 4 is 57.3 Å². The Balaban J connectivity index is 0.000000240. The van der Waals surface area contributed by atoms with Crippen LogP contribution in [0.15, 0.2) is 138 Å². The quantitative estimate of drug-likeness (QED) is 0.127. The predicted molar refractivity (Wildman–Crippen MR) is 237 cm³/mol. The van der Waals surface area contributed by atoms with Crippen LogP contribution in [-0.4, -0.2) is 32.6 Å². The summed E-state index contributed by atoms with van der Waals surface area (Å²) in [7, 11) is -1.85. The fraction of sp³-hybridized carbons (Fsp3) is 0.120. The first-order valence-electron chi connectivity index (χ1n) is 23.1. The van der Waals surface area contributed by atoms with Gasteiger partial charge < -0.3 is 14.0 Å². The van der Waals surface area contributed by atoms with Gasteiger partial charge in [0.1, 0.15) is 0 Å². The third-order valence-corrected chi connectivity index (χ3v) is 12.1. The molecule has 0 aliphatic carbocycles.